The Bertz CT molecular complexity index is 397. The van der Waals surface area contributed by atoms with Crippen LogP contribution in [0.1, 0.15) is 25.6 Å². The van der Waals surface area contributed by atoms with Crippen molar-refractivity contribution in [3.05, 3.63) is 15.9 Å². The second-order valence-electron chi connectivity index (χ2n) is 3.33. The lowest BCUT2D eigenvalue weighted by atomic mass is 10.3. The van der Waals surface area contributed by atoms with E-state index < -0.39 is 4.92 Å². The van der Waals surface area contributed by atoms with Crippen molar-refractivity contribution in [2.75, 3.05) is 11.9 Å². The van der Waals surface area contributed by atoms with Crippen LogP contribution in [0.3, 0.4) is 0 Å². The molecule has 0 bridgehead atoms. The molecule has 0 atom stereocenters. The maximum atomic E-state index is 10.8. The number of unbranched alkanes of at least 4 members (excludes halogenated alkanes) is 1. The second-order valence-corrected chi connectivity index (χ2v) is 3.75. The summed E-state index contributed by atoms with van der Waals surface area (Å²) in [5, 5.41) is 13.9. The van der Waals surface area contributed by atoms with Crippen molar-refractivity contribution in [3.8, 4) is 0 Å². The number of anilines is 1. The molecule has 0 amide bonds. The SMILES string of the molecule is CCCCNc1nc(C)nc(S)c1[N+](=O)[O-]. The van der Waals surface area contributed by atoms with Crippen molar-refractivity contribution in [3.63, 3.8) is 0 Å². The molecule has 0 radical (unpaired) electrons. The third-order valence-electron chi connectivity index (χ3n) is 1.98. The van der Waals surface area contributed by atoms with Crippen LogP contribution in [0.4, 0.5) is 11.5 Å². The monoisotopic (exact) mass is 242 g/mol. The summed E-state index contributed by atoms with van der Waals surface area (Å²) >= 11 is 3.99. The molecule has 1 heterocycles. The average molecular weight is 242 g/mol. The van der Waals surface area contributed by atoms with Gasteiger partial charge in [0.2, 0.25) is 5.82 Å². The van der Waals surface area contributed by atoms with Gasteiger partial charge in [0.15, 0.2) is 5.03 Å². The number of nitro groups is 1. The minimum absolute atomic E-state index is 0.0940. The summed E-state index contributed by atoms with van der Waals surface area (Å²) < 4.78 is 0. The van der Waals surface area contributed by atoms with Gasteiger partial charge in [-0.1, -0.05) is 13.3 Å². The maximum Gasteiger partial charge on any atom is 0.342 e. The van der Waals surface area contributed by atoms with Gasteiger partial charge in [0, 0.05) is 6.54 Å². The highest BCUT2D eigenvalue weighted by molar-refractivity contribution is 7.80. The molecule has 0 aliphatic carbocycles. The first kappa shape index (κ1) is 12.7. The Kier molecular flexibility index (Phi) is 4.48. The molecule has 0 unspecified atom stereocenters. The van der Waals surface area contributed by atoms with Crippen LogP contribution in [-0.4, -0.2) is 21.4 Å². The molecule has 1 aromatic rings. The van der Waals surface area contributed by atoms with Gasteiger partial charge in [-0.05, 0) is 13.3 Å². The van der Waals surface area contributed by atoms with Crippen molar-refractivity contribution in [1.29, 1.82) is 0 Å². The van der Waals surface area contributed by atoms with Crippen LogP contribution in [0.5, 0.6) is 0 Å². The highest BCUT2D eigenvalue weighted by Crippen LogP contribution is 2.27. The van der Waals surface area contributed by atoms with Crippen LogP contribution in [-0.2, 0) is 0 Å². The Labute approximate surface area is 99.1 Å². The lowest BCUT2D eigenvalue weighted by molar-refractivity contribution is -0.387. The van der Waals surface area contributed by atoms with Crippen molar-refractivity contribution >= 4 is 24.1 Å². The summed E-state index contributed by atoms with van der Waals surface area (Å²) in [7, 11) is 0. The number of nitrogens with zero attached hydrogens (tertiary/aromatic N) is 3. The summed E-state index contributed by atoms with van der Waals surface area (Å²) in [4.78, 5) is 18.2. The van der Waals surface area contributed by atoms with Gasteiger partial charge in [-0.25, -0.2) is 9.97 Å². The van der Waals surface area contributed by atoms with Gasteiger partial charge < -0.3 is 5.32 Å². The standard InChI is InChI=1S/C9H14N4O2S/c1-3-4-5-10-8-7(13(14)15)9(16)12-6(2)11-8/h3-5H2,1-2H3,(H2,10,11,12,16). The van der Waals surface area contributed by atoms with Crippen LogP contribution in [0.2, 0.25) is 0 Å². The molecule has 16 heavy (non-hydrogen) atoms. The minimum atomic E-state index is -0.518. The molecule has 1 aromatic heterocycles. The Morgan fingerprint density at radius 1 is 1.50 bits per heavy atom. The topological polar surface area (TPSA) is 81.0 Å². The molecule has 0 fully saturated rings. The van der Waals surface area contributed by atoms with Crippen LogP contribution >= 0.6 is 12.6 Å². The van der Waals surface area contributed by atoms with E-state index in [2.05, 4.69) is 27.9 Å². The molecule has 88 valence electrons. The zero-order valence-corrected chi connectivity index (χ0v) is 10.1. The number of hydrogen-bond acceptors (Lipinski definition) is 6. The molecule has 7 heteroatoms. The Morgan fingerprint density at radius 2 is 2.19 bits per heavy atom. The number of aryl methyl sites for hydroxylation is 1. The van der Waals surface area contributed by atoms with E-state index >= 15 is 0 Å². The molecule has 0 aliphatic heterocycles. The predicted octanol–water partition coefficient (Wildman–Crippen LogP) is 2.19. The van der Waals surface area contributed by atoms with E-state index in [1.807, 2.05) is 6.92 Å². The highest BCUT2D eigenvalue weighted by atomic mass is 32.1. The summed E-state index contributed by atoms with van der Waals surface area (Å²) in [5.41, 5.74) is -0.162. The van der Waals surface area contributed by atoms with Crippen molar-refractivity contribution < 1.29 is 4.92 Å². The first-order chi connectivity index (χ1) is 7.56. The van der Waals surface area contributed by atoms with Crippen molar-refractivity contribution in [2.45, 2.75) is 31.7 Å². The van der Waals surface area contributed by atoms with E-state index in [1.165, 1.54) is 0 Å². The van der Waals surface area contributed by atoms with E-state index in [-0.39, 0.29) is 16.5 Å². The number of rotatable bonds is 5. The quantitative estimate of drug-likeness (QED) is 0.272. The molecule has 0 saturated heterocycles. The lowest BCUT2D eigenvalue weighted by Crippen LogP contribution is -2.08. The van der Waals surface area contributed by atoms with Crippen LogP contribution < -0.4 is 5.32 Å². The zero-order chi connectivity index (χ0) is 12.1. The van der Waals surface area contributed by atoms with E-state index in [1.54, 1.807) is 6.92 Å². The fraction of sp³-hybridized carbons (Fsp3) is 0.556. The smallest absolute Gasteiger partial charge is 0.342 e. The molecular formula is C9H14N4O2S. The van der Waals surface area contributed by atoms with Crippen molar-refractivity contribution in [2.24, 2.45) is 0 Å². The molecule has 0 saturated carbocycles. The third-order valence-corrected chi connectivity index (χ3v) is 2.29. The highest BCUT2D eigenvalue weighted by Gasteiger charge is 2.21. The van der Waals surface area contributed by atoms with E-state index in [4.69, 9.17) is 0 Å². The molecule has 0 aromatic carbocycles. The Hall–Kier alpha value is -1.37. The van der Waals surface area contributed by atoms with E-state index in [9.17, 15) is 10.1 Å². The average Bonchev–Trinajstić information content (AvgIpc) is 2.16. The predicted molar refractivity (Wildman–Crippen MR) is 64.1 cm³/mol. The second kappa shape index (κ2) is 5.64. The molecular weight excluding hydrogens is 228 g/mol. The first-order valence-electron chi connectivity index (χ1n) is 5.02. The number of aromatic nitrogens is 2. The van der Waals surface area contributed by atoms with Crippen LogP contribution in [0, 0.1) is 17.0 Å². The van der Waals surface area contributed by atoms with Gasteiger partial charge in [0.05, 0.1) is 4.92 Å². The Balaban J connectivity index is 2.99. The molecule has 0 aliphatic rings. The summed E-state index contributed by atoms with van der Waals surface area (Å²) in [6.07, 6.45) is 1.95. The number of nitrogens with one attached hydrogen (secondary N) is 1. The third kappa shape index (κ3) is 3.06. The largest absolute Gasteiger partial charge is 0.364 e. The maximum absolute atomic E-state index is 10.8. The molecule has 6 nitrogen and oxygen atoms in total. The summed E-state index contributed by atoms with van der Waals surface area (Å²) in [6, 6.07) is 0. The fourth-order valence-corrected chi connectivity index (χ4v) is 1.56. The molecule has 0 spiro atoms. The van der Waals surface area contributed by atoms with E-state index in [0.717, 1.165) is 12.8 Å². The van der Waals surface area contributed by atoms with Crippen molar-refractivity contribution in [1.82, 2.24) is 9.97 Å². The van der Waals surface area contributed by atoms with Gasteiger partial charge in [-0.3, -0.25) is 10.1 Å². The molecule has 1 rings (SSSR count). The van der Waals surface area contributed by atoms with E-state index in [0.29, 0.717) is 12.4 Å². The normalized spacial score (nSPS) is 10.2. The summed E-state index contributed by atoms with van der Waals surface area (Å²) in [6.45, 7) is 4.38. The van der Waals surface area contributed by atoms with Gasteiger partial charge >= 0.3 is 5.69 Å². The Morgan fingerprint density at radius 3 is 2.75 bits per heavy atom. The fourth-order valence-electron chi connectivity index (χ4n) is 1.23. The zero-order valence-electron chi connectivity index (χ0n) is 9.23. The number of thiol groups is 1. The van der Waals surface area contributed by atoms with Gasteiger partial charge in [0.25, 0.3) is 0 Å². The summed E-state index contributed by atoms with van der Waals surface area (Å²) in [5.74, 6) is 0.713. The van der Waals surface area contributed by atoms with Crippen LogP contribution in [0.15, 0.2) is 5.03 Å². The van der Waals surface area contributed by atoms with Crippen LogP contribution in [0.25, 0.3) is 0 Å². The molecule has 1 N–H and O–H groups in total. The number of hydrogen-bond donors (Lipinski definition) is 2. The first-order valence-corrected chi connectivity index (χ1v) is 5.46. The van der Waals surface area contributed by atoms with Gasteiger partial charge in [-0.15, -0.1) is 12.6 Å². The minimum Gasteiger partial charge on any atom is -0.364 e. The van der Waals surface area contributed by atoms with Gasteiger partial charge in [0.1, 0.15) is 5.82 Å². The lowest BCUT2D eigenvalue weighted by Gasteiger charge is -2.07. The van der Waals surface area contributed by atoms with Gasteiger partial charge in [-0.2, -0.15) is 0 Å².